The van der Waals surface area contributed by atoms with Crippen LogP contribution in [-0.2, 0) is 4.79 Å². The van der Waals surface area contributed by atoms with Gasteiger partial charge in [0.15, 0.2) is 0 Å². The molecule has 0 aromatic carbocycles. The smallest absolute Gasteiger partial charge is 0.317 e. The molecule has 0 bridgehead atoms. The Morgan fingerprint density at radius 3 is 2.50 bits per heavy atom. The number of nitrogens with zero attached hydrogens (tertiary/aromatic N) is 2. The Labute approximate surface area is 97.2 Å². The number of hydrogen-bond donors (Lipinski definition) is 1. The molecular weight excluding hydrogens is 204 g/mol. The molecule has 0 radical (unpaired) electrons. The van der Waals surface area contributed by atoms with E-state index in [1.54, 1.807) is 0 Å². The van der Waals surface area contributed by atoms with Crippen molar-refractivity contribution in [1.82, 2.24) is 9.80 Å². The van der Waals surface area contributed by atoms with E-state index in [0.717, 1.165) is 19.5 Å². The van der Waals surface area contributed by atoms with Crippen molar-refractivity contribution in [3.8, 4) is 0 Å². The molecule has 0 aromatic heterocycles. The van der Waals surface area contributed by atoms with E-state index in [4.69, 9.17) is 5.11 Å². The third-order valence-corrected chi connectivity index (χ3v) is 3.73. The molecule has 2 aliphatic rings. The van der Waals surface area contributed by atoms with Gasteiger partial charge < -0.3 is 5.11 Å². The fraction of sp³-hybridized carbons (Fsp3) is 0.917. The Balaban J connectivity index is 1.91. The van der Waals surface area contributed by atoms with Crippen molar-refractivity contribution in [1.29, 1.82) is 0 Å². The predicted molar refractivity (Wildman–Crippen MR) is 62.5 cm³/mol. The number of hydrogen-bond acceptors (Lipinski definition) is 3. The molecule has 2 rings (SSSR count). The zero-order valence-corrected chi connectivity index (χ0v) is 10.2. The molecule has 92 valence electrons. The zero-order valence-electron chi connectivity index (χ0n) is 10.2. The van der Waals surface area contributed by atoms with Gasteiger partial charge >= 0.3 is 5.97 Å². The third kappa shape index (κ3) is 2.74. The predicted octanol–water partition coefficient (Wildman–Crippen LogP) is 1.02. The van der Waals surface area contributed by atoms with Crippen LogP contribution in [0.5, 0.6) is 0 Å². The minimum Gasteiger partial charge on any atom is -0.480 e. The number of carboxylic acids is 1. The minimum absolute atomic E-state index is 0.223. The lowest BCUT2D eigenvalue weighted by atomic mass is 10.2. The quantitative estimate of drug-likeness (QED) is 0.760. The van der Waals surface area contributed by atoms with Gasteiger partial charge in [-0.1, -0.05) is 0 Å². The van der Waals surface area contributed by atoms with Gasteiger partial charge in [-0.3, -0.25) is 14.6 Å². The summed E-state index contributed by atoms with van der Waals surface area (Å²) in [6, 6.07) is 1.59. The van der Waals surface area contributed by atoms with Crippen LogP contribution < -0.4 is 0 Å². The normalized spacial score (nSPS) is 26.9. The van der Waals surface area contributed by atoms with Crippen molar-refractivity contribution in [3.05, 3.63) is 0 Å². The van der Waals surface area contributed by atoms with Crippen molar-refractivity contribution in [2.75, 3.05) is 19.6 Å². The monoisotopic (exact) mass is 226 g/mol. The van der Waals surface area contributed by atoms with Crippen molar-refractivity contribution >= 4 is 5.97 Å². The molecular formula is C12H22N2O2. The summed E-state index contributed by atoms with van der Waals surface area (Å²) in [6.45, 7) is 6.80. The van der Waals surface area contributed by atoms with E-state index in [-0.39, 0.29) is 6.54 Å². The first-order valence-corrected chi connectivity index (χ1v) is 6.29. The van der Waals surface area contributed by atoms with Crippen molar-refractivity contribution in [2.45, 2.75) is 51.2 Å². The van der Waals surface area contributed by atoms with Gasteiger partial charge in [-0.25, -0.2) is 0 Å². The molecule has 1 aliphatic heterocycles. The lowest BCUT2D eigenvalue weighted by molar-refractivity contribution is -0.139. The van der Waals surface area contributed by atoms with E-state index < -0.39 is 5.97 Å². The lowest BCUT2D eigenvalue weighted by Gasteiger charge is -2.28. The van der Waals surface area contributed by atoms with Gasteiger partial charge in [0, 0.05) is 31.2 Å². The average molecular weight is 226 g/mol. The van der Waals surface area contributed by atoms with Gasteiger partial charge in [-0.05, 0) is 33.1 Å². The molecule has 1 atom stereocenters. The van der Waals surface area contributed by atoms with Gasteiger partial charge in [0.05, 0.1) is 6.54 Å². The number of rotatable bonds is 5. The van der Waals surface area contributed by atoms with Crippen LogP contribution in [0.4, 0.5) is 0 Å². The molecule has 4 heteroatoms. The van der Waals surface area contributed by atoms with Crippen molar-refractivity contribution in [3.63, 3.8) is 0 Å². The van der Waals surface area contributed by atoms with Crippen LogP contribution >= 0.6 is 0 Å². The van der Waals surface area contributed by atoms with Crippen LogP contribution in [0, 0.1) is 0 Å². The maximum absolute atomic E-state index is 10.9. The summed E-state index contributed by atoms with van der Waals surface area (Å²) in [5, 5.41) is 8.94. The van der Waals surface area contributed by atoms with E-state index in [0.29, 0.717) is 18.1 Å². The number of carbonyl (C=O) groups is 1. The van der Waals surface area contributed by atoms with Crippen LogP contribution in [0.1, 0.15) is 33.1 Å². The molecule has 1 unspecified atom stereocenters. The number of likely N-dealkylation sites (tertiary alicyclic amines) is 1. The number of aliphatic carboxylic acids is 1. The molecule has 1 heterocycles. The fourth-order valence-electron chi connectivity index (χ4n) is 2.63. The second kappa shape index (κ2) is 4.72. The topological polar surface area (TPSA) is 43.8 Å². The van der Waals surface area contributed by atoms with E-state index in [1.165, 1.54) is 12.8 Å². The average Bonchev–Trinajstić information content (AvgIpc) is 2.91. The summed E-state index contributed by atoms with van der Waals surface area (Å²) in [5.74, 6) is -0.685. The molecule has 0 spiro atoms. The Bertz CT molecular complexity index is 264. The lowest BCUT2D eigenvalue weighted by Crippen LogP contribution is -2.43. The van der Waals surface area contributed by atoms with E-state index >= 15 is 0 Å². The maximum atomic E-state index is 10.9. The number of carboxylic acid groups (broad SMARTS) is 1. The fourth-order valence-corrected chi connectivity index (χ4v) is 2.63. The van der Waals surface area contributed by atoms with Crippen LogP contribution in [0.25, 0.3) is 0 Å². The molecule has 2 fully saturated rings. The van der Waals surface area contributed by atoms with Gasteiger partial charge in [0.25, 0.3) is 0 Å². The standard InChI is InChI=1S/C12H22N2O2/c1-9(2)13-6-5-11(7-13)14(8-12(15)16)10-3-4-10/h9-11H,3-8H2,1-2H3,(H,15,16). The first-order valence-electron chi connectivity index (χ1n) is 6.29. The Morgan fingerprint density at radius 2 is 2.06 bits per heavy atom. The third-order valence-electron chi connectivity index (χ3n) is 3.73. The highest BCUT2D eigenvalue weighted by atomic mass is 16.4. The van der Waals surface area contributed by atoms with Crippen LogP contribution in [0.3, 0.4) is 0 Å². The van der Waals surface area contributed by atoms with E-state index in [1.807, 2.05) is 0 Å². The summed E-state index contributed by atoms with van der Waals surface area (Å²) in [7, 11) is 0. The Hall–Kier alpha value is -0.610. The highest BCUT2D eigenvalue weighted by molar-refractivity contribution is 5.69. The Morgan fingerprint density at radius 1 is 1.38 bits per heavy atom. The molecule has 1 saturated heterocycles. The first kappa shape index (κ1) is 11.9. The maximum Gasteiger partial charge on any atom is 0.317 e. The first-order chi connectivity index (χ1) is 7.58. The molecule has 4 nitrogen and oxygen atoms in total. The van der Waals surface area contributed by atoms with Gasteiger partial charge in [0.1, 0.15) is 0 Å². The van der Waals surface area contributed by atoms with Gasteiger partial charge in [0.2, 0.25) is 0 Å². The summed E-state index contributed by atoms with van der Waals surface area (Å²) in [5.41, 5.74) is 0. The van der Waals surface area contributed by atoms with Crippen LogP contribution in [0.15, 0.2) is 0 Å². The highest BCUT2D eigenvalue weighted by Gasteiger charge is 2.38. The van der Waals surface area contributed by atoms with Crippen LogP contribution in [0.2, 0.25) is 0 Å². The van der Waals surface area contributed by atoms with Crippen molar-refractivity contribution in [2.24, 2.45) is 0 Å². The zero-order chi connectivity index (χ0) is 11.7. The highest BCUT2D eigenvalue weighted by Crippen LogP contribution is 2.31. The largest absolute Gasteiger partial charge is 0.480 e. The summed E-state index contributed by atoms with van der Waals surface area (Å²) >= 11 is 0. The molecule has 1 saturated carbocycles. The molecule has 0 aromatic rings. The van der Waals surface area contributed by atoms with Gasteiger partial charge in [-0.15, -0.1) is 0 Å². The summed E-state index contributed by atoms with van der Waals surface area (Å²) in [4.78, 5) is 15.5. The van der Waals surface area contributed by atoms with Gasteiger partial charge in [-0.2, -0.15) is 0 Å². The van der Waals surface area contributed by atoms with E-state index in [2.05, 4.69) is 23.6 Å². The van der Waals surface area contributed by atoms with Crippen LogP contribution in [-0.4, -0.2) is 58.6 Å². The Kier molecular flexibility index (Phi) is 3.50. The molecule has 0 amide bonds. The summed E-state index contributed by atoms with van der Waals surface area (Å²) in [6.07, 6.45) is 3.50. The SMILES string of the molecule is CC(C)N1CCC(N(CC(=O)O)C2CC2)C1. The molecule has 1 aliphatic carbocycles. The van der Waals surface area contributed by atoms with Crippen molar-refractivity contribution < 1.29 is 9.90 Å². The van der Waals surface area contributed by atoms with E-state index in [9.17, 15) is 4.79 Å². The second-order valence-corrected chi connectivity index (χ2v) is 5.33. The molecule has 16 heavy (non-hydrogen) atoms. The summed E-state index contributed by atoms with van der Waals surface area (Å²) < 4.78 is 0. The molecule has 1 N–H and O–H groups in total. The minimum atomic E-state index is -0.685. The second-order valence-electron chi connectivity index (χ2n) is 5.33.